The lowest BCUT2D eigenvalue weighted by Crippen LogP contribution is -2.37. The average Bonchev–Trinajstić information content (AvgIpc) is 3.09. The van der Waals surface area contributed by atoms with Crippen LogP contribution in [0.2, 0.25) is 0 Å². The molecule has 0 radical (unpaired) electrons. The van der Waals surface area contributed by atoms with Gasteiger partial charge < -0.3 is 14.6 Å². The van der Waals surface area contributed by atoms with Gasteiger partial charge in [-0.15, -0.1) is 0 Å². The van der Waals surface area contributed by atoms with Gasteiger partial charge in [0.2, 0.25) is 0 Å². The van der Waals surface area contributed by atoms with Gasteiger partial charge in [0.05, 0.1) is 11.5 Å². The number of rotatable bonds is 2. The molecule has 2 aromatic heterocycles. The smallest absolute Gasteiger partial charge is 0.252 e. The van der Waals surface area contributed by atoms with E-state index in [1.807, 2.05) is 24.1 Å². The summed E-state index contributed by atoms with van der Waals surface area (Å²) in [5, 5.41) is 4.55. The van der Waals surface area contributed by atoms with E-state index in [0.29, 0.717) is 14.5 Å². The first-order valence-corrected chi connectivity index (χ1v) is 11.0. The second-order valence-electron chi connectivity index (χ2n) is 7.93. The molecular weight excluding hydrogens is 367 g/mol. The minimum absolute atomic E-state index is 0.0918. The molecular formula is C22H25N4OP. The number of nitrogens with zero attached hydrogens (tertiary/aromatic N) is 3. The number of nitrogens with one attached hydrogen (secondary N) is 1. The molecule has 5 nitrogen and oxygen atoms in total. The van der Waals surface area contributed by atoms with Crippen molar-refractivity contribution in [1.82, 2.24) is 19.6 Å². The zero-order valence-corrected chi connectivity index (χ0v) is 17.3. The molecule has 3 aliphatic rings. The Labute approximate surface area is 167 Å². The molecule has 5 rings (SSSR count). The molecule has 0 aliphatic carbocycles. The highest BCUT2D eigenvalue weighted by Gasteiger charge is 2.30. The summed E-state index contributed by atoms with van der Waals surface area (Å²) >= 11 is 0. The molecule has 2 atom stereocenters. The van der Waals surface area contributed by atoms with Crippen molar-refractivity contribution in [2.45, 2.75) is 32.5 Å². The number of aromatic nitrogens is 2. The molecule has 144 valence electrons. The Bertz CT molecular complexity index is 1040. The Morgan fingerprint density at radius 3 is 2.86 bits per heavy atom. The molecule has 0 saturated carbocycles. The summed E-state index contributed by atoms with van der Waals surface area (Å²) in [6, 6.07) is 2.16. The SMILES string of the molecule is Cc1cn2cc(C3=CC(=O)N4C=C(C5CCNCC5)C=CC4P3)cc(C)c2n1. The second kappa shape index (κ2) is 6.98. The van der Waals surface area contributed by atoms with Crippen molar-refractivity contribution < 1.29 is 4.79 Å². The molecule has 1 saturated heterocycles. The van der Waals surface area contributed by atoms with E-state index in [1.54, 1.807) is 0 Å². The highest BCUT2D eigenvalue weighted by Crippen LogP contribution is 2.45. The van der Waals surface area contributed by atoms with Crippen LogP contribution in [0.1, 0.15) is 29.7 Å². The van der Waals surface area contributed by atoms with Gasteiger partial charge in [-0.25, -0.2) is 4.98 Å². The van der Waals surface area contributed by atoms with Gasteiger partial charge in [0, 0.05) is 24.7 Å². The number of allylic oxidation sites excluding steroid dienone is 2. The summed E-state index contributed by atoms with van der Waals surface area (Å²) in [7, 11) is 0.548. The lowest BCUT2D eigenvalue weighted by atomic mass is 9.89. The predicted molar refractivity (Wildman–Crippen MR) is 114 cm³/mol. The number of carbonyl (C=O) groups is 1. The fraction of sp³-hybridized carbons (Fsp3) is 0.364. The molecule has 1 N–H and O–H groups in total. The normalized spacial score (nSPS) is 23.9. The fourth-order valence-corrected chi connectivity index (χ4v) is 5.76. The van der Waals surface area contributed by atoms with Gasteiger partial charge in [0.15, 0.2) is 0 Å². The van der Waals surface area contributed by atoms with Gasteiger partial charge in [-0.1, -0.05) is 20.7 Å². The van der Waals surface area contributed by atoms with Crippen molar-refractivity contribution >= 4 is 25.4 Å². The van der Waals surface area contributed by atoms with Crippen molar-refractivity contribution in [3.8, 4) is 0 Å². The summed E-state index contributed by atoms with van der Waals surface area (Å²) < 4.78 is 2.08. The van der Waals surface area contributed by atoms with Crippen LogP contribution < -0.4 is 5.32 Å². The molecule has 28 heavy (non-hydrogen) atoms. The van der Waals surface area contributed by atoms with E-state index in [2.05, 4.69) is 52.2 Å². The van der Waals surface area contributed by atoms with Crippen LogP contribution in [0, 0.1) is 19.8 Å². The minimum Gasteiger partial charge on any atom is -0.317 e. The van der Waals surface area contributed by atoms with Crippen LogP contribution in [0.15, 0.2) is 48.5 Å². The fourth-order valence-electron chi connectivity index (χ4n) is 4.40. The van der Waals surface area contributed by atoms with E-state index in [9.17, 15) is 4.79 Å². The largest absolute Gasteiger partial charge is 0.317 e. The number of carbonyl (C=O) groups excluding carboxylic acids is 1. The highest BCUT2D eigenvalue weighted by atomic mass is 31.1. The lowest BCUT2D eigenvalue weighted by Gasteiger charge is -2.36. The molecule has 3 aliphatic heterocycles. The summed E-state index contributed by atoms with van der Waals surface area (Å²) in [6.45, 7) is 6.22. The van der Waals surface area contributed by atoms with Crippen LogP contribution in [-0.4, -0.2) is 39.1 Å². The topological polar surface area (TPSA) is 49.6 Å². The molecule has 0 aromatic carbocycles. The van der Waals surface area contributed by atoms with Gasteiger partial charge in [0.25, 0.3) is 5.91 Å². The molecule has 1 amide bonds. The summed E-state index contributed by atoms with van der Waals surface area (Å²) in [6.07, 6.45) is 14.9. The summed E-state index contributed by atoms with van der Waals surface area (Å²) in [5.74, 6) is 0.794. The zero-order valence-electron chi connectivity index (χ0n) is 16.3. The highest BCUT2D eigenvalue weighted by molar-refractivity contribution is 7.51. The molecule has 0 bridgehead atoms. The molecule has 1 fully saturated rings. The summed E-state index contributed by atoms with van der Waals surface area (Å²) in [5.41, 5.74) is 5.56. The number of hydrogen-bond acceptors (Lipinski definition) is 3. The second-order valence-corrected chi connectivity index (χ2v) is 9.35. The van der Waals surface area contributed by atoms with E-state index < -0.39 is 0 Å². The Kier molecular flexibility index (Phi) is 4.45. The summed E-state index contributed by atoms with van der Waals surface area (Å²) in [4.78, 5) is 19.5. The molecule has 2 unspecified atom stereocenters. The molecule has 6 heteroatoms. The number of aryl methyl sites for hydroxylation is 2. The number of amides is 1. The Morgan fingerprint density at radius 2 is 2.04 bits per heavy atom. The Hall–Kier alpha value is -2.23. The zero-order chi connectivity index (χ0) is 19.3. The van der Waals surface area contributed by atoms with E-state index >= 15 is 0 Å². The molecule has 0 spiro atoms. The van der Waals surface area contributed by atoms with Gasteiger partial charge >= 0.3 is 0 Å². The van der Waals surface area contributed by atoms with E-state index in [0.717, 1.165) is 53.7 Å². The van der Waals surface area contributed by atoms with Gasteiger partial charge in [-0.2, -0.15) is 0 Å². The van der Waals surface area contributed by atoms with Crippen LogP contribution >= 0.6 is 8.58 Å². The molecule has 2 aromatic rings. The van der Waals surface area contributed by atoms with Crippen LogP contribution in [-0.2, 0) is 4.79 Å². The van der Waals surface area contributed by atoms with Crippen LogP contribution in [0.5, 0.6) is 0 Å². The number of piperidine rings is 1. The van der Waals surface area contributed by atoms with Crippen LogP contribution in [0.25, 0.3) is 11.0 Å². The number of pyridine rings is 1. The number of fused-ring (bicyclic) bond motifs is 2. The monoisotopic (exact) mass is 392 g/mol. The number of imidazole rings is 1. The van der Waals surface area contributed by atoms with Gasteiger partial charge in [0.1, 0.15) is 5.65 Å². The van der Waals surface area contributed by atoms with Crippen molar-refractivity contribution in [1.29, 1.82) is 0 Å². The maximum Gasteiger partial charge on any atom is 0.252 e. The predicted octanol–water partition coefficient (Wildman–Crippen LogP) is 3.59. The minimum atomic E-state index is 0.0918. The van der Waals surface area contributed by atoms with Crippen molar-refractivity contribution in [3.63, 3.8) is 0 Å². The van der Waals surface area contributed by atoms with E-state index in [-0.39, 0.29) is 11.7 Å². The van der Waals surface area contributed by atoms with Crippen molar-refractivity contribution in [3.05, 3.63) is 65.3 Å². The van der Waals surface area contributed by atoms with Crippen LogP contribution in [0.4, 0.5) is 0 Å². The standard InChI is InChI=1S/C22H25N4OP/c1-14-9-18(12-25-11-15(2)24-22(14)25)19-10-20(27)26-13-17(3-4-21(26)28-19)16-5-7-23-8-6-16/h3-4,9-13,16,21,23,28H,5-8H2,1-2H3. The third-order valence-electron chi connectivity index (χ3n) is 5.86. The van der Waals surface area contributed by atoms with Crippen molar-refractivity contribution in [2.75, 3.05) is 13.1 Å². The average molecular weight is 392 g/mol. The first-order valence-electron chi connectivity index (χ1n) is 9.96. The first-order chi connectivity index (χ1) is 13.6. The number of hydrogen-bond donors (Lipinski definition) is 1. The first kappa shape index (κ1) is 17.8. The van der Waals surface area contributed by atoms with Crippen LogP contribution in [0.3, 0.4) is 0 Å². The van der Waals surface area contributed by atoms with Gasteiger partial charge in [-0.3, -0.25) is 4.79 Å². The quantitative estimate of drug-likeness (QED) is 0.795. The van der Waals surface area contributed by atoms with Crippen molar-refractivity contribution in [2.24, 2.45) is 5.92 Å². The Morgan fingerprint density at radius 1 is 1.21 bits per heavy atom. The van der Waals surface area contributed by atoms with Gasteiger partial charge in [-0.05, 0) is 73.8 Å². The third-order valence-corrected chi connectivity index (χ3v) is 7.37. The molecule has 5 heterocycles. The third kappa shape index (κ3) is 3.13. The maximum atomic E-state index is 12.9. The van der Waals surface area contributed by atoms with E-state index in [4.69, 9.17) is 0 Å². The lowest BCUT2D eigenvalue weighted by molar-refractivity contribution is -0.123. The Balaban J connectivity index is 1.45. The van der Waals surface area contributed by atoms with E-state index in [1.165, 1.54) is 5.57 Å². The maximum absolute atomic E-state index is 12.9.